The Labute approximate surface area is 266 Å². The number of fused-ring (bicyclic) bond motifs is 1. The lowest BCUT2D eigenvalue weighted by atomic mass is 10.0. The number of H-pyrrole nitrogens is 1. The summed E-state index contributed by atoms with van der Waals surface area (Å²) < 4.78 is 3.84. The number of aromatic nitrogens is 6. The van der Waals surface area contributed by atoms with Crippen LogP contribution in [-0.2, 0) is 5.75 Å². The molecule has 0 saturated carbocycles. The van der Waals surface area contributed by atoms with Crippen molar-refractivity contribution in [1.82, 2.24) is 34.2 Å². The number of likely N-dealkylation sites (tertiary alicyclic amines) is 1. The largest absolute Gasteiger partial charge is 0.337 e. The Kier molecular flexibility index (Phi) is 7.84. The molecule has 1 aliphatic heterocycles. The molecule has 0 radical (unpaired) electrons. The van der Waals surface area contributed by atoms with Gasteiger partial charge in [0.25, 0.3) is 5.91 Å². The minimum atomic E-state index is -0.102. The normalized spacial score (nSPS) is 14.0. The minimum absolute atomic E-state index is 0.0478. The standard InChI is InChI=1S/C32H28ClN7O2S2/c1-20-10-12-21(13-11-20)40-29(23-6-2-3-7-24(23)33)36-37-32(40)44-19-28-34-26(18-43-28)30(41)38-16-14-22(15-17-38)39-27-9-5-4-8-25(27)35-31(39)42/h2-13,18,22H,14-17,19H2,1H3,(H,35,42). The highest BCUT2D eigenvalue weighted by atomic mass is 35.5. The molecule has 1 amide bonds. The lowest BCUT2D eigenvalue weighted by Crippen LogP contribution is -2.40. The number of hydrogen-bond acceptors (Lipinski definition) is 7. The van der Waals surface area contributed by atoms with Crippen molar-refractivity contribution in [2.24, 2.45) is 0 Å². The van der Waals surface area contributed by atoms with Crippen LogP contribution in [0, 0.1) is 6.92 Å². The van der Waals surface area contributed by atoms with Gasteiger partial charge >= 0.3 is 5.69 Å². The maximum absolute atomic E-state index is 13.4. The van der Waals surface area contributed by atoms with Gasteiger partial charge in [0.2, 0.25) is 0 Å². The first-order chi connectivity index (χ1) is 21.5. The van der Waals surface area contributed by atoms with Crippen molar-refractivity contribution < 1.29 is 4.79 Å². The lowest BCUT2D eigenvalue weighted by Gasteiger charge is -2.32. The van der Waals surface area contributed by atoms with Gasteiger partial charge in [0.15, 0.2) is 11.0 Å². The van der Waals surface area contributed by atoms with Crippen LogP contribution in [0.2, 0.25) is 5.02 Å². The van der Waals surface area contributed by atoms with E-state index in [1.807, 2.05) is 80.1 Å². The molecule has 0 atom stereocenters. The Hall–Kier alpha value is -4.19. The number of aromatic amines is 1. The van der Waals surface area contributed by atoms with Gasteiger partial charge < -0.3 is 9.88 Å². The van der Waals surface area contributed by atoms with Gasteiger partial charge in [-0.1, -0.05) is 65.3 Å². The highest BCUT2D eigenvalue weighted by Crippen LogP contribution is 2.34. The Morgan fingerprint density at radius 1 is 1.02 bits per heavy atom. The number of halogens is 1. The third-order valence-corrected chi connectivity index (χ3v) is 10.2. The molecular formula is C32H28ClN7O2S2. The summed E-state index contributed by atoms with van der Waals surface area (Å²) in [6.45, 7) is 3.19. The van der Waals surface area contributed by atoms with E-state index in [1.54, 1.807) is 0 Å². The molecule has 3 aromatic heterocycles. The zero-order valence-electron chi connectivity index (χ0n) is 23.8. The number of benzene rings is 3. The number of nitrogens with zero attached hydrogens (tertiary/aromatic N) is 6. The molecule has 0 unspecified atom stereocenters. The van der Waals surface area contributed by atoms with E-state index in [2.05, 4.69) is 39.2 Å². The second-order valence-corrected chi connectivity index (χ2v) is 13.0. The molecule has 7 rings (SSSR count). The van der Waals surface area contributed by atoms with Crippen LogP contribution in [-0.4, -0.2) is 53.2 Å². The summed E-state index contributed by atoms with van der Waals surface area (Å²) in [7, 11) is 0. The van der Waals surface area contributed by atoms with E-state index in [-0.39, 0.29) is 17.6 Å². The summed E-state index contributed by atoms with van der Waals surface area (Å²) in [6, 6.07) is 23.6. The Morgan fingerprint density at radius 3 is 2.57 bits per heavy atom. The number of para-hydroxylation sites is 2. The molecule has 0 spiro atoms. The third kappa shape index (κ3) is 5.47. The number of hydrogen-bond donors (Lipinski definition) is 1. The smallest absolute Gasteiger partial charge is 0.326 e. The fourth-order valence-corrected chi connectivity index (χ4v) is 7.59. The number of piperidine rings is 1. The number of thioether (sulfide) groups is 1. The zero-order chi connectivity index (χ0) is 30.2. The predicted octanol–water partition coefficient (Wildman–Crippen LogP) is 6.77. The van der Waals surface area contributed by atoms with Crippen LogP contribution in [0.15, 0.2) is 88.1 Å². The van der Waals surface area contributed by atoms with Crippen LogP contribution in [0.4, 0.5) is 0 Å². The van der Waals surface area contributed by atoms with Crippen LogP contribution in [0.3, 0.4) is 0 Å². The molecule has 0 aliphatic carbocycles. The van der Waals surface area contributed by atoms with Crippen LogP contribution in [0.25, 0.3) is 28.1 Å². The molecule has 12 heteroatoms. The minimum Gasteiger partial charge on any atom is -0.337 e. The van der Waals surface area contributed by atoms with E-state index in [0.29, 0.717) is 53.4 Å². The number of thiazole rings is 1. The number of carbonyl (C=O) groups is 1. The van der Waals surface area contributed by atoms with Crippen molar-refractivity contribution in [3.8, 4) is 17.1 Å². The van der Waals surface area contributed by atoms with Crippen molar-refractivity contribution >= 4 is 51.6 Å². The van der Waals surface area contributed by atoms with Gasteiger partial charge in [0.1, 0.15) is 10.7 Å². The summed E-state index contributed by atoms with van der Waals surface area (Å²) >= 11 is 9.52. The van der Waals surface area contributed by atoms with E-state index >= 15 is 0 Å². The molecule has 222 valence electrons. The molecule has 9 nitrogen and oxygen atoms in total. The fraction of sp³-hybridized carbons (Fsp3) is 0.219. The topological polar surface area (TPSA) is 102 Å². The number of nitrogens with one attached hydrogen (secondary N) is 1. The second kappa shape index (κ2) is 12.1. The monoisotopic (exact) mass is 641 g/mol. The molecule has 1 fully saturated rings. The summed E-state index contributed by atoms with van der Waals surface area (Å²) in [5.74, 6) is 1.12. The number of carbonyl (C=O) groups excluding carboxylic acids is 1. The maximum atomic E-state index is 13.4. The average Bonchev–Trinajstić information content (AvgIpc) is 3.77. The van der Waals surface area contributed by atoms with Gasteiger partial charge in [0.05, 0.1) is 21.8 Å². The fourth-order valence-electron chi connectivity index (χ4n) is 5.63. The highest BCUT2D eigenvalue weighted by molar-refractivity contribution is 7.98. The summed E-state index contributed by atoms with van der Waals surface area (Å²) in [5, 5.41) is 13.0. The van der Waals surface area contributed by atoms with E-state index in [4.69, 9.17) is 11.6 Å². The molecule has 0 bridgehead atoms. The molecule has 3 aromatic carbocycles. The number of imidazole rings is 1. The van der Waals surface area contributed by atoms with Gasteiger partial charge in [-0.05, 0) is 56.2 Å². The Balaban J connectivity index is 1.05. The van der Waals surface area contributed by atoms with Crippen molar-refractivity contribution in [3.05, 3.63) is 110 Å². The van der Waals surface area contributed by atoms with Gasteiger partial charge in [-0.25, -0.2) is 9.78 Å². The van der Waals surface area contributed by atoms with Crippen molar-refractivity contribution in [2.45, 2.75) is 36.7 Å². The molecule has 4 heterocycles. The van der Waals surface area contributed by atoms with Gasteiger partial charge in [0, 0.05) is 35.8 Å². The number of amides is 1. The summed E-state index contributed by atoms with van der Waals surface area (Å²) in [6.07, 6.45) is 1.42. The summed E-state index contributed by atoms with van der Waals surface area (Å²) in [4.78, 5) is 35.5. The van der Waals surface area contributed by atoms with Gasteiger partial charge in [-0.2, -0.15) is 0 Å². The predicted molar refractivity (Wildman–Crippen MR) is 175 cm³/mol. The first kappa shape index (κ1) is 28.6. The van der Waals surface area contributed by atoms with Crippen molar-refractivity contribution in [3.63, 3.8) is 0 Å². The average molecular weight is 642 g/mol. The SMILES string of the molecule is Cc1ccc(-n2c(SCc3nc(C(=O)N4CCC(n5c(=O)[nH]c6ccccc65)CC4)cs3)nnc2-c2ccccc2Cl)cc1. The molecule has 1 aliphatic rings. The quantitative estimate of drug-likeness (QED) is 0.193. The zero-order valence-corrected chi connectivity index (χ0v) is 26.2. The van der Waals surface area contributed by atoms with Crippen LogP contribution >= 0.6 is 34.7 Å². The molecule has 1 N–H and O–H groups in total. The van der Waals surface area contributed by atoms with Gasteiger partial charge in [-0.3, -0.25) is 13.9 Å². The van der Waals surface area contributed by atoms with E-state index < -0.39 is 0 Å². The van der Waals surface area contributed by atoms with Crippen molar-refractivity contribution in [1.29, 1.82) is 0 Å². The van der Waals surface area contributed by atoms with Crippen LogP contribution in [0.1, 0.15) is 39.9 Å². The molecule has 6 aromatic rings. The van der Waals surface area contributed by atoms with E-state index in [9.17, 15) is 9.59 Å². The van der Waals surface area contributed by atoms with Crippen LogP contribution in [0.5, 0.6) is 0 Å². The van der Waals surface area contributed by atoms with E-state index in [1.165, 1.54) is 23.1 Å². The van der Waals surface area contributed by atoms with E-state index in [0.717, 1.165) is 32.9 Å². The number of rotatable bonds is 7. The Morgan fingerprint density at radius 2 is 1.77 bits per heavy atom. The first-order valence-corrected chi connectivity index (χ1v) is 16.5. The van der Waals surface area contributed by atoms with Crippen molar-refractivity contribution in [2.75, 3.05) is 13.1 Å². The lowest BCUT2D eigenvalue weighted by molar-refractivity contribution is 0.0689. The molecule has 44 heavy (non-hydrogen) atoms. The second-order valence-electron chi connectivity index (χ2n) is 10.7. The number of aryl methyl sites for hydroxylation is 1. The third-order valence-electron chi connectivity index (χ3n) is 7.88. The van der Waals surface area contributed by atoms with Crippen LogP contribution < -0.4 is 5.69 Å². The first-order valence-electron chi connectivity index (χ1n) is 14.3. The summed E-state index contributed by atoms with van der Waals surface area (Å²) in [5.41, 5.74) is 4.98. The highest BCUT2D eigenvalue weighted by Gasteiger charge is 2.28. The van der Waals surface area contributed by atoms with Gasteiger partial charge in [-0.15, -0.1) is 21.5 Å². The molecular weight excluding hydrogens is 614 g/mol. The molecule has 1 saturated heterocycles. The maximum Gasteiger partial charge on any atom is 0.326 e. The Bertz CT molecular complexity index is 2020.